The van der Waals surface area contributed by atoms with Crippen LogP contribution in [-0.2, 0) is 14.3 Å². The van der Waals surface area contributed by atoms with Gasteiger partial charge >= 0.3 is 5.97 Å². The predicted molar refractivity (Wildman–Crippen MR) is 126 cm³/mol. The van der Waals surface area contributed by atoms with Gasteiger partial charge in [0.25, 0.3) is 5.91 Å². The lowest BCUT2D eigenvalue weighted by molar-refractivity contribution is -0.156. The van der Waals surface area contributed by atoms with Crippen LogP contribution in [0.25, 0.3) is 0 Å². The largest absolute Gasteiger partial charge is 0.503 e. The number of methoxy groups -OCH3 is 2. The molecule has 2 rings (SSSR count). The second kappa shape index (κ2) is 13.4. The average Bonchev–Trinajstić information content (AvgIpc) is 2.84. The molecular formula is C25H34N2O7. The number of amides is 1. The normalized spacial score (nSPS) is 14.4. The number of ether oxygens (including phenoxy) is 4. The minimum absolute atomic E-state index is 0.0748. The van der Waals surface area contributed by atoms with Crippen LogP contribution in [0.1, 0.15) is 44.1 Å². The minimum Gasteiger partial charge on any atom is -0.503 e. The van der Waals surface area contributed by atoms with Gasteiger partial charge in [0.1, 0.15) is 24.0 Å². The van der Waals surface area contributed by atoms with E-state index in [1.54, 1.807) is 14.0 Å². The lowest BCUT2D eigenvalue weighted by Gasteiger charge is -2.32. The van der Waals surface area contributed by atoms with Gasteiger partial charge in [-0.3, -0.25) is 4.79 Å². The standard InChI is InChI=1S/C25H34N2O7/c1-6-18(13-15-31-4)23(34-19-10-8-7-9-11-19)17(3)33-25(30)16(2)27-24(29)21-22(28)20(32-5)12-14-26-21/h7-12,14,16-18,23,28H,6,13,15H2,1-5H3,(H,27,29)/t16-,17+,18+,23+/m1/s1. The Kier molecular flexibility index (Phi) is 10.6. The topological polar surface area (TPSA) is 116 Å². The van der Waals surface area contributed by atoms with Gasteiger partial charge in [0.2, 0.25) is 0 Å². The van der Waals surface area contributed by atoms with E-state index in [1.165, 1.54) is 26.3 Å². The lowest BCUT2D eigenvalue weighted by atomic mass is 9.92. The first-order valence-electron chi connectivity index (χ1n) is 11.3. The molecule has 0 bridgehead atoms. The van der Waals surface area contributed by atoms with Gasteiger partial charge in [0.05, 0.1) is 7.11 Å². The van der Waals surface area contributed by atoms with Crippen molar-refractivity contribution < 1.29 is 33.6 Å². The molecule has 34 heavy (non-hydrogen) atoms. The number of aromatic hydroxyl groups is 1. The van der Waals surface area contributed by atoms with E-state index in [1.807, 2.05) is 37.3 Å². The van der Waals surface area contributed by atoms with E-state index in [0.717, 1.165) is 12.8 Å². The third-order valence-corrected chi connectivity index (χ3v) is 5.49. The van der Waals surface area contributed by atoms with E-state index < -0.39 is 35.9 Å². The Labute approximate surface area is 200 Å². The number of rotatable bonds is 13. The molecule has 186 valence electrons. The monoisotopic (exact) mass is 474 g/mol. The van der Waals surface area contributed by atoms with Crippen LogP contribution < -0.4 is 14.8 Å². The highest BCUT2D eigenvalue weighted by molar-refractivity contribution is 5.97. The van der Waals surface area contributed by atoms with Crippen LogP contribution in [0.3, 0.4) is 0 Å². The highest BCUT2D eigenvalue weighted by atomic mass is 16.6. The number of esters is 1. The van der Waals surface area contributed by atoms with Crippen molar-refractivity contribution in [3.63, 3.8) is 0 Å². The van der Waals surface area contributed by atoms with Gasteiger partial charge in [0, 0.05) is 31.9 Å². The van der Waals surface area contributed by atoms with Crippen molar-refractivity contribution in [1.29, 1.82) is 0 Å². The second-order valence-corrected chi connectivity index (χ2v) is 7.89. The Morgan fingerprint density at radius 1 is 1.12 bits per heavy atom. The van der Waals surface area contributed by atoms with Crippen molar-refractivity contribution in [2.75, 3.05) is 20.8 Å². The van der Waals surface area contributed by atoms with Crippen molar-refractivity contribution in [2.24, 2.45) is 5.92 Å². The van der Waals surface area contributed by atoms with Crippen LogP contribution in [0.2, 0.25) is 0 Å². The second-order valence-electron chi connectivity index (χ2n) is 7.89. The molecule has 1 aromatic heterocycles. The van der Waals surface area contributed by atoms with Gasteiger partial charge in [-0.15, -0.1) is 0 Å². The highest BCUT2D eigenvalue weighted by Crippen LogP contribution is 2.28. The maximum absolute atomic E-state index is 12.8. The van der Waals surface area contributed by atoms with Crippen LogP contribution in [-0.4, -0.2) is 61.0 Å². The Bertz CT molecular complexity index is 923. The lowest BCUT2D eigenvalue weighted by Crippen LogP contribution is -2.45. The first-order chi connectivity index (χ1) is 16.3. The summed E-state index contributed by atoms with van der Waals surface area (Å²) in [5.74, 6) is -0.912. The van der Waals surface area contributed by atoms with Crippen LogP contribution in [0.5, 0.6) is 17.2 Å². The van der Waals surface area contributed by atoms with E-state index in [2.05, 4.69) is 10.3 Å². The zero-order chi connectivity index (χ0) is 25.1. The number of aromatic nitrogens is 1. The number of para-hydroxylation sites is 1. The Morgan fingerprint density at radius 2 is 1.82 bits per heavy atom. The minimum atomic E-state index is -0.987. The fourth-order valence-electron chi connectivity index (χ4n) is 3.54. The molecule has 0 radical (unpaired) electrons. The molecule has 1 aromatic carbocycles. The SMILES string of the molecule is CC[C@@H](CCOC)[C@@H](Oc1ccccc1)[C@H](C)OC(=O)[C@@H](C)NC(=O)c1nccc(OC)c1O. The maximum atomic E-state index is 12.8. The molecular weight excluding hydrogens is 440 g/mol. The Hall–Kier alpha value is -3.33. The third kappa shape index (κ3) is 7.34. The van der Waals surface area contributed by atoms with Gasteiger partial charge in [-0.2, -0.15) is 0 Å². The molecule has 0 spiro atoms. The van der Waals surface area contributed by atoms with Gasteiger partial charge in [0.15, 0.2) is 17.2 Å². The molecule has 1 amide bonds. The van der Waals surface area contributed by atoms with Crippen molar-refractivity contribution in [3.05, 3.63) is 48.3 Å². The summed E-state index contributed by atoms with van der Waals surface area (Å²) in [7, 11) is 3.00. The van der Waals surface area contributed by atoms with E-state index in [0.29, 0.717) is 12.4 Å². The summed E-state index contributed by atoms with van der Waals surface area (Å²) in [6.45, 7) is 5.87. The summed E-state index contributed by atoms with van der Waals surface area (Å²) in [4.78, 5) is 29.2. The van der Waals surface area contributed by atoms with Crippen molar-refractivity contribution >= 4 is 11.9 Å². The van der Waals surface area contributed by atoms with Crippen molar-refractivity contribution in [3.8, 4) is 17.2 Å². The fraction of sp³-hybridized carbons (Fsp3) is 0.480. The van der Waals surface area contributed by atoms with E-state index in [9.17, 15) is 14.7 Å². The van der Waals surface area contributed by atoms with Gasteiger partial charge < -0.3 is 29.4 Å². The number of hydrogen-bond donors (Lipinski definition) is 2. The maximum Gasteiger partial charge on any atom is 0.328 e. The first-order valence-corrected chi connectivity index (χ1v) is 11.3. The van der Waals surface area contributed by atoms with Gasteiger partial charge in [-0.1, -0.05) is 25.1 Å². The molecule has 0 fully saturated rings. The molecule has 0 aliphatic carbocycles. The smallest absolute Gasteiger partial charge is 0.328 e. The number of carbonyl (C=O) groups excluding carboxylic acids is 2. The number of nitrogens with zero attached hydrogens (tertiary/aromatic N) is 1. The number of carbonyl (C=O) groups is 2. The molecule has 0 aliphatic heterocycles. The summed E-state index contributed by atoms with van der Waals surface area (Å²) in [6.07, 6.45) is 1.85. The molecule has 9 heteroatoms. The fourth-order valence-corrected chi connectivity index (χ4v) is 3.54. The number of benzene rings is 1. The van der Waals surface area contributed by atoms with E-state index >= 15 is 0 Å². The van der Waals surface area contributed by atoms with Crippen molar-refractivity contribution in [1.82, 2.24) is 10.3 Å². The van der Waals surface area contributed by atoms with Crippen LogP contribution in [0.4, 0.5) is 0 Å². The number of pyridine rings is 1. The third-order valence-electron chi connectivity index (χ3n) is 5.49. The summed E-state index contributed by atoms with van der Waals surface area (Å²) in [5.41, 5.74) is -0.247. The molecule has 0 aliphatic rings. The molecule has 1 heterocycles. The predicted octanol–water partition coefficient (Wildman–Crippen LogP) is 3.36. The molecule has 9 nitrogen and oxygen atoms in total. The van der Waals surface area contributed by atoms with Crippen LogP contribution in [0, 0.1) is 5.92 Å². The molecule has 2 N–H and O–H groups in total. The molecule has 0 saturated carbocycles. The van der Waals surface area contributed by atoms with Crippen molar-refractivity contribution in [2.45, 2.75) is 51.9 Å². The summed E-state index contributed by atoms with van der Waals surface area (Å²) >= 11 is 0. The highest BCUT2D eigenvalue weighted by Gasteiger charge is 2.32. The number of hydrogen-bond acceptors (Lipinski definition) is 8. The quantitative estimate of drug-likeness (QED) is 0.425. The first kappa shape index (κ1) is 26.9. The summed E-state index contributed by atoms with van der Waals surface area (Å²) in [5, 5.41) is 12.6. The van der Waals surface area contributed by atoms with E-state index in [-0.39, 0.29) is 17.4 Å². The van der Waals surface area contributed by atoms with E-state index in [4.69, 9.17) is 18.9 Å². The molecule has 0 saturated heterocycles. The summed E-state index contributed by atoms with van der Waals surface area (Å²) < 4.78 is 22.1. The average molecular weight is 475 g/mol. The molecule has 0 unspecified atom stereocenters. The number of nitrogens with one attached hydrogen (secondary N) is 1. The van der Waals surface area contributed by atoms with Gasteiger partial charge in [-0.05, 0) is 38.8 Å². The zero-order valence-corrected chi connectivity index (χ0v) is 20.3. The molecule has 2 aromatic rings. The zero-order valence-electron chi connectivity index (χ0n) is 20.3. The van der Waals surface area contributed by atoms with Crippen LogP contribution >= 0.6 is 0 Å². The van der Waals surface area contributed by atoms with Crippen LogP contribution in [0.15, 0.2) is 42.6 Å². The molecule has 4 atom stereocenters. The van der Waals surface area contributed by atoms with Gasteiger partial charge in [-0.25, -0.2) is 9.78 Å². The summed E-state index contributed by atoms with van der Waals surface area (Å²) in [6, 6.07) is 9.78. The Balaban J connectivity index is 2.09. The Morgan fingerprint density at radius 3 is 2.44 bits per heavy atom.